The highest BCUT2D eigenvalue weighted by molar-refractivity contribution is 7.89. The molecule has 2 aromatic carbocycles. The van der Waals surface area contributed by atoms with Crippen LogP contribution < -0.4 is 14.9 Å². The number of β-lactam (4-membered cyclic amide) rings is 1. The molecular formula is C27H33N3O4S. The molecule has 0 unspecified atom stereocenters. The minimum atomic E-state index is -3.67. The predicted octanol–water partition coefficient (Wildman–Crippen LogP) is 4.01. The lowest BCUT2D eigenvalue weighted by molar-refractivity contribution is -0.137. The average Bonchev–Trinajstić information content (AvgIpc) is 3.35. The third kappa shape index (κ3) is 5.33. The Kier molecular flexibility index (Phi) is 7.42. The second-order valence-electron chi connectivity index (χ2n) is 9.45. The van der Waals surface area contributed by atoms with Gasteiger partial charge in [-0.2, -0.15) is 0 Å². The van der Waals surface area contributed by atoms with Gasteiger partial charge >= 0.3 is 0 Å². The zero-order valence-corrected chi connectivity index (χ0v) is 21.1. The maximum atomic E-state index is 13.6. The van der Waals surface area contributed by atoms with Gasteiger partial charge in [0.1, 0.15) is 0 Å². The molecule has 1 saturated carbocycles. The summed E-state index contributed by atoms with van der Waals surface area (Å²) >= 11 is 0. The first-order chi connectivity index (χ1) is 16.7. The van der Waals surface area contributed by atoms with Gasteiger partial charge in [0.25, 0.3) is 5.91 Å². The molecule has 2 fully saturated rings. The standard InChI is InChI=1S/C27H33N3O4S/c1-3-20(2)29-35(33,34)24-15-13-23(14-16-24)30-25(31)19-27(30,18-17-21-9-5-4-6-10-21)26(32)28-22-11-7-8-12-22/h4-6,9-10,13-18,20,22,29H,3,7-8,11-12,19H2,1-2H3,(H,28,32)/b18-17+/t20-,27-/m0/s1. The normalized spacial score (nSPS) is 21.8. The van der Waals surface area contributed by atoms with E-state index in [1.807, 2.05) is 43.3 Å². The number of amides is 2. The Bertz CT molecular complexity index is 1190. The van der Waals surface area contributed by atoms with Crippen molar-refractivity contribution in [2.75, 3.05) is 4.90 Å². The molecule has 0 spiro atoms. The number of benzene rings is 2. The van der Waals surface area contributed by atoms with Gasteiger partial charge in [0.2, 0.25) is 15.9 Å². The topological polar surface area (TPSA) is 95.6 Å². The van der Waals surface area contributed by atoms with Crippen LogP contribution in [0.5, 0.6) is 0 Å². The quantitative estimate of drug-likeness (QED) is 0.514. The van der Waals surface area contributed by atoms with Crippen LogP contribution in [0.15, 0.2) is 65.6 Å². The Morgan fingerprint density at radius 1 is 1.11 bits per heavy atom. The molecule has 2 aliphatic rings. The van der Waals surface area contributed by atoms with Crippen LogP contribution in [-0.4, -0.2) is 37.9 Å². The third-order valence-electron chi connectivity index (χ3n) is 6.88. The Morgan fingerprint density at radius 3 is 2.37 bits per heavy atom. The van der Waals surface area contributed by atoms with Crippen LogP contribution in [0.3, 0.4) is 0 Å². The van der Waals surface area contributed by atoms with Crippen LogP contribution in [0, 0.1) is 0 Å². The molecule has 35 heavy (non-hydrogen) atoms. The maximum absolute atomic E-state index is 13.6. The fourth-order valence-electron chi connectivity index (χ4n) is 4.65. The minimum absolute atomic E-state index is 0.0600. The van der Waals surface area contributed by atoms with Crippen LogP contribution in [-0.2, 0) is 19.6 Å². The fraction of sp³-hybridized carbons (Fsp3) is 0.407. The molecule has 1 aliphatic carbocycles. The van der Waals surface area contributed by atoms with Crippen LogP contribution in [0.1, 0.15) is 57.9 Å². The van der Waals surface area contributed by atoms with Crippen molar-refractivity contribution in [1.82, 2.24) is 10.0 Å². The van der Waals surface area contributed by atoms with Crippen molar-refractivity contribution in [3.63, 3.8) is 0 Å². The molecular weight excluding hydrogens is 462 g/mol. The molecule has 2 aromatic rings. The summed E-state index contributed by atoms with van der Waals surface area (Å²) in [4.78, 5) is 28.0. The second-order valence-corrected chi connectivity index (χ2v) is 11.2. The number of nitrogens with zero attached hydrogens (tertiary/aromatic N) is 1. The van der Waals surface area contributed by atoms with Gasteiger partial charge in [-0.3, -0.25) is 14.5 Å². The van der Waals surface area contributed by atoms with Gasteiger partial charge in [-0.15, -0.1) is 0 Å². The van der Waals surface area contributed by atoms with Crippen molar-refractivity contribution in [3.05, 3.63) is 66.2 Å². The molecule has 8 heteroatoms. The second kappa shape index (κ2) is 10.3. The van der Waals surface area contributed by atoms with Crippen molar-refractivity contribution in [1.29, 1.82) is 0 Å². The van der Waals surface area contributed by atoms with Crippen molar-refractivity contribution in [3.8, 4) is 0 Å². The van der Waals surface area contributed by atoms with E-state index < -0.39 is 15.6 Å². The summed E-state index contributed by atoms with van der Waals surface area (Å²) in [5, 5.41) is 3.15. The van der Waals surface area contributed by atoms with Gasteiger partial charge in [0.15, 0.2) is 5.54 Å². The minimum Gasteiger partial charge on any atom is -0.351 e. The van der Waals surface area contributed by atoms with Gasteiger partial charge in [-0.25, -0.2) is 13.1 Å². The van der Waals surface area contributed by atoms with Gasteiger partial charge in [0, 0.05) is 17.8 Å². The van der Waals surface area contributed by atoms with E-state index in [4.69, 9.17) is 0 Å². The van der Waals surface area contributed by atoms with E-state index in [-0.39, 0.29) is 35.2 Å². The first kappa shape index (κ1) is 25.1. The number of carbonyl (C=O) groups excluding carboxylic acids is 2. The molecule has 2 N–H and O–H groups in total. The summed E-state index contributed by atoms with van der Waals surface area (Å²) in [6.45, 7) is 3.71. The number of hydrogen-bond donors (Lipinski definition) is 2. The van der Waals surface area contributed by atoms with E-state index >= 15 is 0 Å². The molecule has 1 aliphatic heterocycles. The smallest absolute Gasteiger partial charge is 0.251 e. The van der Waals surface area contributed by atoms with Crippen molar-refractivity contribution in [2.45, 2.75) is 74.9 Å². The number of carbonyl (C=O) groups is 2. The van der Waals surface area contributed by atoms with E-state index in [0.29, 0.717) is 12.1 Å². The molecule has 1 saturated heterocycles. The highest BCUT2D eigenvalue weighted by atomic mass is 32.2. The van der Waals surface area contributed by atoms with Crippen LogP contribution in [0.2, 0.25) is 0 Å². The Labute approximate surface area is 207 Å². The summed E-state index contributed by atoms with van der Waals surface area (Å²) in [5.74, 6) is -0.385. The largest absolute Gasteiger partial charge is 0.351 e. The molecule has 7 nitrogen and oxygen atoms in total. The molecule has 0 aromatic heterocycles. The lowest BCUT2D eigenvalue weighted by Gasteiger charge is -2.49. The summed E-state index contributed by atoms with van der Waals surface area (Å²) in [6, 6.07) is 15.7. The molecule has 0 radical (unpaired) electrons. The molecule has 0 bridgehead atoms. The van der Waals surface area contributed by atoms with E-state index in [2.05, 4.69) is 10.0 Å². The molecule has 2 amide bonds. The van der Waals surface area contributed by atoms with Crippen LogP contribution in [0.25, 0.3) is 6.08 Å². The maximum Gasteiger partial charge on any atom is 0.251 e. The first-order valence-corrected chi connectivity index (χ1v) is 13.7. The summed E-state index contributed by atoms with van der Waals surface area (Å²) in [7, 11) is -3.67. The van der Waals surface area contributed by atoms with Crippen molar-refractivity contribution in [2.24, 2.45) is 0 Å². The summed E-state index contributed by atoms with van der Waals surface area (Å²) in [5.41, 5.74) is 0.255. The first-order valence-electron chi connectivity index (χ1n) is 12.3. The number of hydrogen-bond acceptors (Lipinski definition) is 4. The summed E-state index contributed by atoms with van der Waals surface area (Å²) < 4.78 is 27.9. The fourth-order valence-corrected chi connectivity index (χ4v) is 5.98. The predicted molar refractivity (Wildman–Crippen MR) is 137 cm³/mol. The van der Waals surface area contributed by atoms with E-state index in [1.165, 1.54) is 17.0 Å². The Balaban J connectivity index is 1.65. The number of nitrogens with one attached hydrogen (secondary N) is 2. The number of sulfonamides is 1. The number of rotatable bonds is 9. The SMILES string of the molecule is CC[C@H](C)NS(=O)(=O)c1ccc(N2C(=O)C[C@@]2(/C=C/c2ccccc2)C(=O)NC2CCCC2)cc1. The average molecular weight is 496 g/mol. The van der Waals surface area contributed by atoms with E-state index in [9.17, 15) is 18.0 Å². The van der Waals surface area contributed by atoms with Gasteiger partial charge in [0.05, 0.1) is 11.3 Å². The molecule has 2 atom stereocenters. The highest BCUT2D eigenvalue weighted by Crippen LogP contribution is 2.40. The lowest BCUT2D eigenvalue weighted by Crippen LogP contribution is -2.70. The molecule has 1 heterocycles. The Hall–Kier alpha value is -2.97. The Morgan fingerprint density at radius 2 is 1.77 bits per heavy atom. The summed E-state index contributed by atoms with van der Waals surface area (Å²) in [6.07, 6.45) is 8.44. The number of anilines is 1. The van der Waals surface area contributed by atoms with Gasteiger partial charge in [-0.1, -0.05) is 56.2 Å². The van der Waals surface area contributed by atoms with Crippen LogP contribution in [0.4, 0.5) is 5.69 Å². The zero-order chi connectivity index (χ0) is 25.1. The molecule has 186 valence electrons. The van der Waals surface area contributed by atoms with Crippen molar-refractivity contribution >= 4 is 33.6 Å². The van der Waals surface area contributed by atoms with E-state index in [0.717, 1.165) is 31.2 Å². The lowest BCUT2D eigenvalue weighted by atomic mass is 9.80. The third-order valence-corrected chi connectivity index (χ3v) is 8.48. The van der Waals surface area contributed by atoms with Gasteiger partial charge in [-0.05, 0) is 62.1 Å². The highest BCUT2D eigenvalue weighted by Gasteiger charge is 2.56. The van der Waals surface area contributed by atoms with Crippen LogP contribution >= 0.6 is 0 Å². The van der Waals surface area contributed by atoms with E-state index in [1.54, 1.807) is 25.1 Å². The van der Waals surface area contributed by atoms with Gasteiger partial charge < -0.3 is 5.32 Å². The van der Waals surface area contributed by atoms with Crippen molar-refractivity contribution < 1.29 is 18.0 Å². The molecule has 4 rings (SSSR count). The zero-order valence-electron chi connectivity index (χ0n) is 20.2. The monoisotopic (exact) mass is 495 g/mol.